The molecule has 0 bridgehead atoms. The highest BCUT2D eigenvalue weighted by molar-refractivity contribution is 6.04. The molecule has 142 valence electrons. The van der Waals surface area contributed by atoms with E-state index < -0.39 is 11.4 Å². The fraction of sp³-hybridized carbons (Fsp3) is 0.636. The monoisotopic (exact) mass is 357 g/mol. The number of Topliss-reactive ketones (excluding diaryl/α,β-unsaturated/α-hetero) is 1. The minimum Gasteiger partial charge on any atom is -0.480 e. The van der Waals surface area contributed by atoms with Crippen molar-refractivity contribution in [2.75, 3.05) is 19.6 Å². The van der Waals surface area contributed by atoms with Crippen LogP contribution in [0.2, 0.25) is 0 Å². The highest BCUT2D eigenvalue weighted by atomic mass is 16.4. The molecule has 2 atom stereocenters. The van der Waals surface area contributed by atoms with E-state index in [-0.39, 0.29) is 11.7 Å². The summed E-state index contributed by atoms with van der Waals surface area (Å²) in [6.07, 6.45) is 8.17. The summed E-state index contributed by atoms with van der Waals surface area (Å²) in [7, 11) is 0. The normalized spacial score (nSPS) is 27.8. The van der Waals surface area contributed by atoms with Gasteiger partial charge in [0.05, 0.1) is 0 Å². The molecule has 1 aliphatic heterocycles. The van der Waals surface area contributed by atoms with E-state index in [1.807, 2.05) is 30.3 Å². The first-order valence-electron chi connectivity index (χ1n) is 10.2. The molecule has 1 saturated carbocycles. The van der Waals surface area contributed by atoms with Crippen molar-refractivity contribution in [3.05, 3.63) is 35.9 Å². The van der Waals surface area contributed by atoms with E-state index in [1.165, 1.54) is 25.7 Å². The lowest BCUT2D eigenvalue weighted by molar-refractivity contribution is -0.160. The molecule has 0 aromatic heterocycles. The van der Waals surface area contributed by atoms with Crippen LogP contribution in [0.25, 0.3) is 0 Å². The Labute approximate surface area is 156 Å². The summed E-state index contributed by atoms with van der Waals surface area (Å²) in [5.74, 6) is -1.10. The van der Waals surface area contributed by atoms with Gasteiger partial charge >= 0.3 is 5.97 Å². The van der Waals surface area contributed by atoms with Gasteiger partial charge in [-0.05, 0) is 63.7 Å². The maximum atomic E-state index is 13.2. The van der Waals surface area contributed by atoms with Gasteiger partial charge in [-0.3, -0.25) is 9.59 Å². The Hall–Kier alpha value is -1.68. The zero-order chi connectivity index (χ0) is 18.4. The van der Waals surface area contributed by atoms with Crippen LogP contribution in [0, 0.1) is 11.3 Å². The van der Waals surface area contributed by atoms with Crippen molar-refractivity contribution in [1.82, 2.24) is 4.90 Å². The van der Waals surface area contributed by atoms with Crippen molar-refractivity contribution in [2.24, 2.45) is 11.3 Å². The summed E-state index contributed by atoms with van der Waals surface area (Å²) in [6.45, 7) is 2.81. The second-order valence-corrected chi connectivity index (χ2v) is 8.04. The molecule has 1 aromatic carbocycles. The minimum atomic E-state index is -1.18. The van der Waals surface area contributed by atoms with Crippen LogP contribution in [-0.4, -0.2) is 41.4 Å². The number of ketones is 1. The van der Waals surface area contributed by atoms with Gasteiger partial charge in [-0.25, -0.2) is 0 Å². The predicted molar refractivity (Wildman–Crippen MR) is 102 cm³/mol. The lowest BCUT2D eigenvalue weighted by Crippen LogP contribution is -2.48. The van der Waals surface area contributed by atoms with Gasteiger partial charge in [0.2, 0.25) is 0 Å². The van der Waals surface area contributed by atoms with Crippen molar-refractivity contribution in [3.63, 3.8) is 0 Å². The lowest BCUT2D eigenvalue weighted by atomic mass is 9.65. The Kier molecular flexibility index (Phi) is 6.47. The third-order valence-corrected chi connectivity index (χ3v) is 6.29. The molecule has 1 aliphatic carbocycles. The molecule has 0 radical (unpaired) electrons. The molecule has 4 heteroatoms. The summed E-state index contributed by atoms with van der Waals surface area (Å²) < 4.78 is 0. The van der Waals surface area contributed by atoms with Crippen LogP contribution in [0.5, 0.6) is 0 Å². The Bertz CT molecular complexity index is 607. The van der Waals surface area contributed by atoms with Crippen LogP contribution in [0.4, 0.5) is 0 Å². The fourth-order valence-electron chi connectivity index (χ4n) is 4.66. The van der Waals surface area contributed by atoms with Crippen LogP contribution in [0.15, 0.2) is 30.3 Å². The molecule has 0 amide bonds. The van der Waals surface area contributed by atoms with Crippen molar-refractivity contribution >= 4 is 11.8 Å². The number of hydrogen-bond acceptors (Lipinski definition) is 3. The second kappa shape index (κ2) is 8.81. The molecule has 2 unspecified atom stereocenters. The van der Waals surface area contributed by atoms with E-state index in [0.29, 0.717) is 19.3 Å². The third kappa shape index (κ3) is 4.35. The van der Waals surface area contributed by atoms with E-state index in [0.717, 1.165) is 38.0 Å². The highest BCUT2D eigenvalue weighted by Gasteiger charge is 2.50. The number of rotatable bonds is 6. The van der Waals surface area contributed by atoms with Crippen LogP contribution in [0.3, 0.4) is 0 Å². The van der Waals surface area contributed by atoms with Gasteiger partial charge in [0, 0.05) is 5.92 Å². The number of carbonyl (C=O) groups excluding carboxylic acids is 1. The van der Waals surface area contributed by atoms with Gasteiger partial charge in [0.15, 0.2) is 5.78 Å². The predicted octanol–water partition coefficient (Wildman–Crippen LogP) is 3.94. The Balaban J connectivity index is 1.69. The van der Waals surface area contributed by atoms with Crippen molar-refractivity contribution in [1.29, 1.82) is 0 Å². The standard InChI is InChI=1S/C22H31NO3/c24-20-19(17-18-9-4-3-5-10-18)11-8-12-22(20,21(25)26)13-16-23-14-6-1-2-7-15-23/h3-5,9-10,19H,1-2,6-8,11-17H2,(H,25,26). The first kappa shape index (κ1) is 19.1. The van der Waals surface area contributed by atoms with E-state index in [2.05, 4.69) is 4.90 Å². The average molecular weight is 357 g/mol. The first-order valence-corrected chi connectivity index (χ1v) is 10.2. The number of aliphatic carboxylic acids is 1. The molecule has 4 nitrogen and oxygen atoms in total. The van der Waals surface area contributed by atoms with Crippen molar-refractivity contribution in [3.8, 4) is 0 Å². The summed E-state index contributed by atoms with van der Waals surface area (Å²) in [6, 6.07) is 9.98. The smallest absolute Gasteiger partial charge is 0.317 e. The Morgan fingerprint density at radius 3 is 2.42 bits per heavy atom. The quantitative estimate of drug-likeness (QED) is 0.784. The minimum absolute atomic E-state index is 0.0325. The van der Waals surface area contributed by atoms with Crippen molar-refractivity contribution in [2.45, 2.75) is 57.8 Å². The van der Waals surface area contributed by atoms with E-state index in [1.54, 1.807) is 0 Å². The molecule has 1 saturated heterocycles. The number of benzene rings is 1. The molecule has 26 heavy (non-hydrogen) atoms. The molecule has 3 rings (SSSR count). The number of carbonyl (C=O) groups is 2. The van der Waals surface area contributed by atoms with Crippen LogP contribution in [-0.2, 0) is 16.0 Å². The maximum absolute atomic E-state index is 13.2. The zero-order valence-electron chi connectivity index (χ0n) is 15.7. The lowest BCUT2D eigenvalue weighted by Gasteiger charge is -2.37. The Morgan fingerprint density at radius 2 is 1.77 bits per heavy atom. The van der Waals surface area contributed by atoms with Crippen LogP contribution in [0.1, 0.15) is 56.9 Å². The summed E-state index contributed by atoms with van der Waals surface area (Å²) in [5, 5.41) is 9.99. The van der Waals surface area contributed by atoms with Crippen LogP contribution < -0.4 is 0 Å². The van der Waals surface area contributed by atoms with E-state index >= 15 is 0 Å². The molecule has 2 aliphatic rings. The van der Waals surface area contributed by atoms with Gasteiger partial charge in [-0.2, -0.15) is 0 Å². The van der Waals surface area contributed by atoms with Gasteiger partial charge in [0.25, 0.3) is 0 Å². The number of likely N-dealkylation sites (tertiary alicyclic amines) is 1. The third-order valence-electron chi connectivity index (χ3n) is 6.29. The van der Waals surface area contributed by atoms with Crippen molar-refractivity contribution < 1.29 is 14.7 Å². The van der Waals surface area contributed by atoms with Gasteiger partial charge in [-0.1, -0.05) is 49.6 Å². The largest absolute Gasteiger partial charge is 0.480 e. The maximum Gasteiger partial charge on any atom is 0.317 e. The molecule has 0 spiro atoms. The average Bonchev–Trinajstić information content (AvgIpc) is 2.92. The van der Waals surface area contributed by atoms with Crippen LogP contribution >= 0.6 is 0 Å². The fourth-order valence-corrected chi connectivity index (χ4v) is 4.66. The molecular weight excluding hydrogens is 326 g/mol. The molecule has 1 heterocycles. The molecule has 1 N–H and O–H groups in total. The highest BCUT2D eigenvalue weighted by Crippen LogP contribution is 2.41. The Morgan fingerprint density at radius 1 is 1.08 bits per heavy atom. The number of carboxylic acid groups (broad SMARTS) is 1. The topological polar surface area (TPSA) is 57.6 Å². The number of carboxylic acids is 1. The SMILES string of the molecule is O=C(O)C1(CCN2CCCCCC2)CCCC(Cc2ccccc2)C1=O. The second-order valence-electron chi connectivity index (χ2n) is 8.04. The summed E-state index contributed by atoms with van der Waals surface area (Å²) in [5.41, 5.74) is -0.0520. The zero-order valence-corrected chi connectivity index (χ0v) is 15.7. The summed E-state index contributed by atoms with van der Waals surface area (Å²) >= 11 is 0. The van der Waals surface area contributed by atoms with E-state index in [9.17, 15) is 14.7 Å². The first-order chi connectivity index (χ1) is 12.6. The van der Waals surface area contributed by atoms with Gasteiger partial charge in [0.1, 0.15) is 5.41 Å². The summed E-state index contributed by atoms with van der Waals surface area (Å²) in [4.78, 5) is 27.8. The van der Waals surface area contributed by atoms with E-state index in [4.69, 9.17) is 0 Å². The molecule has 1 aromatic rings. The van der Waals surface area contributed by atoms with Gasteiger partial charge in [-0.15, -0.1) is 0 Å². The molecule has 2 fully saturated rings. The van der Waals surface area contributed by atoms with Gasteiger partial charge < -0.3 is 10.0 Å². The number of nitrogens with zero attached hydrogens (tertiary/aromatic N) is 1. The number of hydrogen-bond donors (Lipinski definition) is 1. The molecular formula is C22H31NO3.